The lowest BCUT2D eigenvalue weighted by Gasteiger charge is -2.29. The molecule has 46 heavy (non-hydrogen) atoms. The number of rotatable bonds is 6. The van der Waals surface area contributed by atoms with Crippen molar-refractivity contribution in [3.05, 3.63) is 53.0 Å². The van der Waals surface area contributed by atoms with Crippen LogP contribution >= 0.6 is 22.9 Å². The summed E-state index contributed by atoms with van der Waals surface area (Å²) in [6.07, 6.45) is 8.37. The molecule has 0 unspecified atom stereocenters. The number of methoxy groups -OCH3 is 2. The second kappa shape index (κ2) is 12.9. The molecule has 0 bridgehead atoms. The van der Waals surface area contributed by atoms with Crippen LogP contribution in [-0.2, 0) is 14.3 Å². The van der Waals surface area contributed by atoms with E-state index in [0.29, 0.717) is 51.1 Å². The molecule has 4 heterocycles. The zero-order valence-corrected chi connectivity index (χ0v) is 27.5. The van der Waals surface area contributed by atoms with Gasteiger partial charge in [-0.1, -0.05) is 30.3 Å². The van der Waals surface area contributed by atoms with Gasteiger partial charge in [0.25, 0.3) is 0 Å². The highest BCUT2D eigenvalue weighted by Crippen LogP contribution is 2.46. The lowest BCUT2D eigenvalue weighted by atomic mass is 10.1. The maximum Gasteiger partial charge on any atom is 0.332 e. The van der Waals surface area contributed by atoms with E-state index in [0.717, 1.165) is 25.0 Å². The van der Waals surface area contributed by atoms with E-state index in [1.165, 1.54) is 30.5 Å². The number of benzene rings is 1. The van der Waals surface area contributed by atoms with Crippen LogP contribution in [0.2, 0.25) is 5.02 Å². The molecule has 2 fully saturated rings. The van der Waals surface area contributed by atoms with Gasteiger partial charge in [0.2, 0.25) is 5.91 Å². The monoisotopic (exact) mass is 665 g/mol. The van der Waals surface area contributed by atoms with Gasteiger partial charge in [-0.2, -0.15) is 0 Å². The number of amides is 3. The molecule has 2 aliphatic heterocycles. The largest absolute Gasteiger partial charge is 0.495 e. The fourth-order valence-electron chi connectivity index (χ4n) is 6.22. The summed E-state index contributed by atoms with van der Waals surface area (Å²) in [5.41, 5.74) is 0.586. The van der Waals surface area contributed by atoms with Crippen LogP contribution in [0, 0.1) is 5.92 Å². The molecule has 1 aliphatic carbocycles. The number of nitrogens with one attached hydrogen (secondary N) is 1. The van der Waals surface area contributed by atoms with Gasteiger partial charge in [0, 0.05) is 42.8 Å². The summed E-state index contributed by atoms with van der Waals surface area (Å²) in [5.74, 6) is 0.0931. The van der Waals surface area contributed by atoms with E-state index in [-0.39, 0.29) is 24.8 Å². The number of likely N-dealkylation sites (N-methyl/N-ethyl adjacent to an activating group) is 1. The molecule has 3 amide bonds. The van der Waals surface area contributed by atoms with Crippen molar-refractivity contribution in [1.82, 2.24) is 25.1 Å². The highest BCUT2D eigenvalue weighted by Gasteiger charge is 2.62. The summed E-state index contributed by atoms with van der Waals surface area (Å²) < 4.78 is 17.2. The minimum atomic E-state index is -1.16. The molecule has 1 saturated heterocycles. The number of ether oxygens (including phenoxy) is 3. The van der Waals surface area contributed by atoms with Gasteiger partial charge in [0.15, 0.2) is 0 Å². The summed E-state index contributed by atoms with van der Waals surface area (Å²) >= 11 is 8.15. The highest BCUT2D eigenvalue weighted by atomic mass is 35.5. The van der Waals surface area contributed by atoms with E-state index >= 15 is 0 Å². The number of fused-ring (bicyclic) bond motifs is 3. The van der Waals surface area contributed by atoms with Crippen LogP contribution < -0.4 is 14.8 Å². The van der Waals surface area contributed by atoms with E-state index in [1.807, 2.05) is 23.6 Å². The fraction of sp³-hybridized carbons (Fsp3) is 0.424. The number of esters is 1. The summed E-state index contributed by atoms with van der Waals surface area (Å²) in [6.45, 7) is 4.49. The first kappa shape index (κ1) is 31.8. The SMILES string of the molecule is C=Cc1csc(-c2cc(O[C@H]3C[C@H]4C(=O)N(C)CCCC/C=C\[C@@H]5C[C@@]5(C(=O)OC)NC(=O)N4C3)c3ccc(OC)c(Cl)c3n2)n1. The van der Waals surface area contributed by atoms with Gasteiger partial charge in [0.1, 0.15) is 44.9 Å². The number of carbonyl (C=O) groups is 3. The number of hydrogen-bond acceptors (Lipinski definition) is 9. The molecule has 3 aromatic rings. The summed E-state index contributed by atoms with van der Waals surface area (Å²) in [5, 5.41) is 6.44. The Labute approximate surface area is 276 Å². The molecule has 3 aliphatic rings. The minimum Gasteiger partial charge on any atom is -0.495 e. The Morgan fingerprint density at radius 3 is 2.78 bits per heavy atom. The summed E-state index contributed by atoms with van der Waals surface area (Å²) in [4.78, 5) is 53.1. The van der Waals surface area contributed by atoms with Crippen molar-refractivity contribution in [1.29, 1.82) is 0 Å². The smallest absolute Gasteiger partial charge is 0.332 e. The highest BCUT2D eigenvalue weighted by molar-refractivity contribution is 7.13. The zero-order chi connectivity index (χ0) is 32.6. The van der Waals surface area contributed by atoms with E-state index in [4.69, 9.17) is 30.8 Å². The van der Waals surface area contributed by atoms with Gasteiger partial charge in [0.05, 0.1) is 32.0 Å². The van der Waals surface area contributed by atoms with Crippen LogP contribution in [0.5, 0.6) is 11.5 Å². The molecule has 242 valence electrons. The van der Waals surface area contributed by atoms with Gasteiger partial charge in [-0.25, -0.2) is 19.6 Å². The van der Waals surface area contributed by atoms with E-state index in [9.17, 15) is 14.4 Å². The van der Waals surface area contributed by atoms with Gasteiger partial charge in [-0.15, -0.1) is 11.3 Å². The Balaban J connectivity index is 1.35. The molecule has 4 atom stereocenters. The van der Waals surface area contributed by atoms with Crippen molar-refractivity contribution in [3.63, 3.8) is 0 Å². The van der Waals surface area contributed by atoms with Crippen molar-refractivity contribution >= 4 is 57.8 Å². The maximum absolute atomic E-state index is 13.9. The fourth-order valence-corrected chi connectivity index (χ4v) is 7.27. The second-order valence-electron chi connectivity index (χ2n) is 11.8. The van der Waals surface area contributed by atoms with Crippen LogP contribution in [-0.4, -0.2) is 89.7 Å². The Kier molecular flexibility index (Phi) is 8.93. The van der Waals surface area contributed by atoms with Crippen LogP contribution in [0.15, 0.2) is 42.3 Å². The first-order chi connectivity index (χ1) is 22.2. The average molecular weight is 666 g/mol. The van der Waals surface area contributed by atoms with Crippen molar-refractivity contribution < 1.29 is 28.6 Å². The zero-order valence-electron chi connectivity index (χ0n) is 26.0. The second-order valence-corrected chi connectivity index (χ2v) is 13.0. The molecule has 13 heteroatoms. The molecule has 1 aromatic carbocycles. The number of thiazole rings is 1. The number of halogens is 1. The molecular formula is C33H36ClN5O6S. The topological polar surface area (TPSA) is 123 Å². The van der Waals surface area contributed by atoms with Gasteiger partial charge < -0.3 is 29.3 Å². The molecule has 2 aromatic heterocycles. The number of hydrogen-bond donors (Lipinski definition) is 1. The Hall–Kier alpha value is -4.16. The minimum absolute atomic E-state index is 0.120. The Bertz CT molecular complexity index is 1730. The first-order valence-corrected chi connectivity index (χ1v) is 16.5. The van der Waals surface area contributed by atoms with Crippen molar-refractivity contribution in [3.8, 4) is 22.2 Å². The normalized spacial score (nSPS) is 25.6. The van der Waals surface area contributed by atoms with Crippen LogP contribution in [0.3, 0.4) is 0 Å². The standard InChI is InChI=1S/C33H36ClN5O6S/c1-5-20-18-46-29(35-20)23-15-26(22-11-12-25(43-3)27(34)28(22)36-23)45-21-14-24-30(40)38(2)13-9-7-6-8-10-19-16-33(19,31(41)44-4)37-32(42)39(24)17-21/h5,8,10-12,15,18-19,21,24H,1,6-7,9,13-14,16-17H2,2-4H3,(H,37,42)/b10-8-/t19-,21+,24+,33-/m1/s1. The third-order valence-corrected chi connectivity index (χ3v) is 10.1. The van der Waals surface area contributed by atoms with Gasteiger partial charge >= 0.3 is 12.0 Å². The number of pyridine rings is 1. The Morgan fingerprint density at radius 2 is 2.04 bits per heavy atom. The van der Waals surface area contributed by atoms with Crippen LogP contribution in [0.4, 0.5) is 4.79 Å². The van der Waals surface area contributed by atoms with Crippen molar-refractivity contribution in [2.24, 2.45) is 5.92 Å². The predicted molar refractivity (Wildman–Crippen MR) is 176 cm³/mol. The van der Waals surface area contributed by atoms with E-state index in [1.54, 1.807) is 30.2 Å². The van der Waals surface area contributed by atoms with Gasteiger partial charge in [-0.05, 0) is 43.9 Å². The number of aromatic nitrogens is 2. The molecule has 11 nitrogen and oxygen atoms in total. The number of nitrogens with zero attached hydrogens (tertiary/aromatic N) is 4. The maximum atomic E-state index is 13.9. The lowest BCUT2D eigenvalue weighted by Crippen LogP contribution is -2.55. The average Bonchev–Trinajstić information content (AvgIpc) is 3.36. The summed E-state index contributed by atoms with van der Waals surface area (Å²) in [6, 6.07) is 4.06. The van der Waals surface area contributed by atoms with Crippen molar-refractivity contribution in [2.45, 2.75) is 49.8 Å². The first-order valence-electron chi connectivity index (χ1n) is 15.2. The number of allylic oxidation sites excluding steroid dienone is 1. The molecule has 1 saturated carbocycles. The molecule has 1 N–H and O–H groups in total. The molecule has 6 rings (SSSR count). The van der Waals surface area contributed by atoms with Crippen molar-refractivity contribution in [2.75, 3.05) is 34.4 Å². The molecule has 0 radical (unpaired) electrons. The predicted octanol–water partition coefficient (Wildman–Crippen LogP) is 5.32. The van der Waals surface area contributed by atoms with Crippen LogP contribution in [0.25, 0.3) is 27.7 Å². The number of urea groups is 1. The molecular weight excluding hydrogens is 630 g/mol. The lowest BCUT2D eigenvalue weighted by molar-refractivity contribution is -0.144. The van der Waals surface area contributed by atoms with Crippen LogP contribution in [0.1, 0.15) is 37.8 Å². The Morgan fingerprint density at radius 1 is 1.22 bits per heavy atom. The van der Waals surface area contributed by atoms with E-state index < -0.39 is 29.7 Å². The summed E-state index contributed by atoms with van der Waals surface area (Å²) in [7, 11) is 4.60. The number of carbonyl (C=O) groups excluding carboxylic acids is 3. The third-order valence-electron chi connectivity index (χ3n) is 8.87. The van der Waals surface area contributed by atoms with E-state index in [2.05, 4.69) is 16.9 Å². The quantitative estimate of drug-likeness (QED) is 0.277. The van der Waals surface area contributed by atoms with Gasteiger partial charge in [-0.3, -0.25) is 4.79 Å². The molecule has 0 spiro atoms. The third kappa shape index (κ3) is 5.91.